The van der Waals surface area contributed by atoms with Gasteiger partial charge in [-0.2, -0.15) is 10.5 Å². The highest BCUT2D eigenvalue weighted by Crippen LogP contribution is 2.41. The molecule has 13 heteroatoms. The Labute approximate surface area is 273 Å². The first-order valence-electron chi connectivity index (χ1n) is 15.0. The minimum Gasteiger partial charge on any atom is -0.356 e. The molecule has 0 atom stereocenters. The number of pyridine rings is 2. The van der Waals surface area contributed by atoms with Gasteiger partial charge in [-0.1, -0.05) is 17.3 Å². The zero-order chi connectivity index (χ0) is 33.8. The number of nitrogens with one attached hydrogen (secondary N) is 2. The Hall–Kier alpha value is -6.02. The number of nitriles is 2. The third-order valence-corrected chi connectivity index (χ3v) is 8.33. The fourth-order valence-corrected chi connectivity index (χ4v) is 5.79. The van der Waals surface area contributed by atoms with Gasteiger partial charge in [-0.05, 0) is 67.3 Å². The van der Waals surface area contributed by atoms with Crippen molar-refractivity contribution >= 4 is 28.8 Å². The third kappa shape index (κ3) is 6.46. The molecule has 240 valence electrons. The van der Waals surface area contributed by atoms with Gasteiger partial charge in [0, 0.05) is 66.2 Å². The summed E-state index contributed by atoms with van der Waals surface area (Å²) >= 11 is 0. The van der Waals surface area contributed by atoms with Gasteiger partial charge >= 0.3 is 0 Å². The molecule has 3 N–H and O–H groups in total. The topological polar surface area (TPSA) is 164 Å². The maximum Gasteiger partial charge on any atom is 0.267 e. The number of rotatable bonds is 8. The Kier molecular flexibility index (Phi) is 9.16. The Morgan fingerprint density at radius 2 is 1.88 bits per heavy atom. The molecular formula is C35H28F2N8O3. The van der Waals surface area contributed by atoms with Crippen LogP contribution in [0.25, 0.3) is 39.3 Å². The van der Waals surface area contributed by atoms with E-state index >= 15 is 4.39 Å². The summed E-state index contributed by atoms with van der Waals surface area (Å²) in [5, 5.41) is 36.3. The molecule has 11 nitrogen and oxygen atoms in total. The molecular weight excluding hydrogens is 618 g/mol. The summed E-state index contributed by atoms with van der Waals surface area (Å²) in [5.74, 6) is -1.57. The number of halogens is 2. The molecule has 1 aliphatic heterocycles. The summed E-state index contributed by atoms with van der Waals surface area (Å²) < 4.78 is 35.9. The van der Waals surface area contributed by atoms with E-state index in [0.717, 1.165) is 18.5 Å². The largest absolute Gasteiger partial charge is 0.356 e. The van der Waals surface area contributed by atoms with E-state index in [1.165, 1.54) is 48.1 Å². The van der Waals surface area contributed by atoms with Crippen LogP contribution in [-0.2, 0) is 11.3 Å². The van der Waals surface area contributed by atoms with Gasteiger partial charge in [-0.25, -0.2) is 19.2 Å². The smallest absolute Gasteiger partial charge is 0.267 e. The van der Waals surface area contributed by atoms with E-state index in [0.29, 0.717) is 58.8 Å². The highest BCUT2D eigenvalue weighted by atomic mass is 19.1. The zero-order valence-corrected chi connectivity index (χ0v) is 25.7. The van der Waals surface area contributed by atoms with Gasteiger partial charge in [0.15, 0.2) is 5.58 Å². The number of fused-ring (bicyclic) bond motifs is 1. The van der Waals surface area contributed by atoms with Crippen LogP contribution in [0.5, 0.6) is 0 Å². The van der Waals surface area contributed by atoms with Gasteiger partial charge in [0.25, 0.3) is 5.91 Å². The predicted octanol–water partition coefficient (Wildman–Crippen LogP) is 5.56. The molecule has 0 aliphatic carbocycles. The highest BCUT2D eigenvalue weighted by Gasteiger charge is 2.27. The molecule has 0 bridgehead atoms. The molecule has 1 aliphatic rings. The number of benzene rings is 2. The number of anilines is 1. The molecule has 3 aromatic heterocycles. The van der Waals surface area contributed by atoms with Gasteiger partial charge < -0.3 is 14.7 Å². The Morgan fingerprint density at radius 1 is 1.06 bits per heavy atom. The molecule has 0 spiro atoms. The Balaban J connectivity index is 1.26. The van der Waals surface area contributed by atoms with Crippen LogP contribution in [0.15, 0.2) is 65.5 Å². The number of aromatic nitrogens is 3. The van der Waals surface area contributed by atoms with Crippen molar-refractivity contribution in [3.8, 4) is 34.4 Å². The van der Waals surface area contributed by atoms with Crippen LogP contribution >= 0.6 is 0 Å². The summed E-state index contributed by atoms with van der Waals surface area (Å²) in [7, 11) is 0. The van der Waals surface area contributed by atoms with E-state index in [4.69, 9.17) is 9.73 Å². The van der Waals surface area contributed by atoms with Crippen LogP contribution in [-0.4, -0.2) is 45.4 Å². The molecule has 1 saturated heterocycles. The van der Waals surface area contributed by atoms with Crippen molar-refractivity contribution in [2.24, 2.45) is 0 Å². The standard InChI is InChI=1S/C35H28F2N8O3/c1-20-26-13-31(37)27(14-32(26)48-44-20)29-19-42-35(28(16-39)34(29)22-4-5-23(15-38)30(36)12-22)45-10-8-24(9-11-45)41-18-25-6-2-21(17-40-25)3-7-33(46)43-47/h2-7,12-14,17,19,24,41,47H,8-11,18H2,1H3,(H,43,46)/b7-3+. The molecule has 48 heavy (non-hydrogen) atoms. The second-order valence-corrected chi connectivity index (χ2v) is 11.3. The summed E-state index contributed by atoms with van der Waals surface area (Å²) in [5.41, 5.74) is 4.94. The zero-order valence-electron chi connectivity index (χ0n) is 25.7. The molecule has 5 aromatic rings. The molecule has 0 unspecified atom stereocenters. The van der Waals surface area contributed by atoms with E-state index in [1.54, 1.807) is 19.2 Å². The average Bonchev–Trinajstić information content (AvgIpc) is 3.47. The van der Waals surface area contributed by atoms with Crippen molar-refractivity contribution in [1.82, 2.24) is 25.9 Å². The fraction of sp³-hybridized carbons (Fsp3) is 0.200. The molecule has 4 heterocycles. The van der Waals surface area contributed by atoms with Crippen LogP contribution in [0.3, 0.4) is 0 Å². The molecule has 1 fully saturated rings. The number of carbonyl (C=O) groups excluding carboxylic acids is 1. The molecule has 2 aromatic carbocycles. The molecule has 1 amide bonds. The van der Waals surface area contributed by atoms with Crippen LogP contribution in [0, 0.1) is 41.2 Å². The lowest BCUT2D eigenvalue weighted by Gasteiger charge is -2.34. The SMILES string of the molecule is Cc1noc2cc(-c3cnc(N4CCC(NCc5ccc(/C=C/C(=O)NO)cn5)CC4)c(C#N)c3-c3ccc(C#N)c(F)c3)c(F)cc12. The van der Waals surface area contributed by atoms with E-state index in [-0.39, 0.29) is 28.3 Å². The van der Waals surface area contributed by atoms with E-state index in [9.17, 15) is 19.7 Å². The van der Waals surface area contributed by atoms with E-state index in [2.05, 4.69) is 26.5 Å². The summed E-state index contributed by atoms with van der Waals surface area (Å²) in [6.45, 7) is 3.37. The number of aryl methyl sites for hydroxylation is 1. The lowest BCUT2D eigenvalue weighted by molar-refractivity contribution is -0.124. The van der Waals surface area contributed by atoms with Crippen LogP contribution < -0.4 is 15.7 Å². The maximum absolute atomic E-state index is 15.6. The number of hydrogen-bond acceptors (Lipinski definition) is 10. The first-order valence-corrected chi connectivity index (χ1v) is 15.0. The number of hydroxylamine groups is 1. The van der Waals surface area contributed by atoms with E-state index < -0.39 is 17.5 Å². The van der Waals surface area contributed by atoms with Crippen LogP contribution in [0.2, 0.25) is 0 Å². The van der Waals surface area contributed by atoms with Gasteiger partial charge in [-0.15, -0.1) is 0 Å². The second kappa shape index (κ2) is 13.8. The lowest BCUT2D eigenvalue weighted by Crippen LogP contribution is -2.43. The van der Waals surface area contributed by atoms with Crippen LogP contribution in [0.4, 0.5) is 14.6 Å². The van der Waals surface area contributed by atoms with Crippen molar-refractivity contribution in [3.05, 3.63) is 101 Å². The maximum atomic E-state index is 15.6. The number of hydrogen-bond donors (Lipinski definition) is 3. The molecule has 6 rings (SSSR count). The van der Waals surface area contributed by atoms with Gasteiger partial charge in [0.1, 0.15) is 35.2 Å². The molecule has 0 radical (unpaired) electrons. The normalized spacial score (nSPS) is 13.5. The van der Waals surface area contributed by atoms with Crippen LogP contribution in [0.1, 0.15) is 40.9 Å². The summed E-state index contributed by atoms with van der Waals surface area (Å²) in [6.07, 6.45) is 7.33. The van der Waals surface area contributed by atoms with Gasteiger partial charge in [0.2, 0.25) is 0 Å². The highest BCUT2D eigenvalue weighted by molar-refractivity contribution is 5.94. The van der Waals surface area contributed by atoms with Gasteiger partial charge in [-0.3, -0.25) is 15.0 Å². The predicted molar refractivity (Wildman–Crippen MR) is 172 cm³/mol. The molecule has 0 saturated carbocycles. The van der Waals surface area contributed by atoms with Gasteiger partial charge in [0.05, 0.1) is 17.0 Å². The first kappa shape index (κ1) is 31.9. The lowest BCUT2D eigenvalue weighted by atomic mass is 9.90. The van der Waals surface area contributed by atoms with Crippen molar-refractivity contribution in [2.75, 3.05) is 18.0 Å². The fourth-order valence-electron chi connectivity index (χ4n) is 5.79. The minimum atomic E-state index is -0.758. The van der Waals surface area contributed by atoms with Crippen molar-refractivity contribution in [2.45, 2.75) is 32.4 Å². The number of amides is 1. The minimum absolute atomic E-state index is 0.116. The van der Waals surface area contributed by atoms with Crippen molar-refractivity contribution in [1.29, 1.82) is 10.5 Å². The number of carbonyl (C=O) groups is 1. The third-order valence-electron chi connectivity index (χ3n) is 8.33. The van der Waals surface area contributed by atoms with E-state index in [1.807, 2.05) is 23.1 Å². The number of nitrogens with zero attached hydrogens (tertiary/aromatic N) is 6. The Morgan fingerprint density at radius 3 is 2.56 bits per heavy atom. The Bertz CT molecular complexity index is 2130. The first-order chi connectivity index (χ1) is 23.3. The monoisotopic (exact) mass is 646 g/mol. The quantitative estimate of drug-likeness (QED) is 0.110. The second-order valence-electron chi connectivity index (χ2n) is 11.3. The average molecular weight is 647 g/mol. The summed E-state index contributed by atoms with van der Waals surface area (Å²) in [4.78, 5) is 22.2. The van der Waals surface area contributed by atoms with Crippen molar-refractivity contribution in [3.63, 3.8) is 0 Å². The van der Waals surface area contributed by atoms with Crippen molar-refractivity contribution < 1.29 is 23.3 Å². The summed E-state index contributed by atoms with van der Waals surface area (Å²) in [6, 6.07) is 14.8. The number of piperidine rings is 1.